The molecule has 1 saturated carbocycles. The van der Waals surface area contributed by atoms with Crippen molar-refractivity contribution in [3.05, 3.63) is 54.0 Å². The molecule has 5 nitrogen and oxygen atoms in total. The number of rotatable bonds is 3. The smallest absolute Gasteiger partial charge is 0.229 e. The molecule has 28 heavy (non-hydrogen) atoms. The number of piperidine rings is 2. The lowest BCUT2D eigenvalue weighted by Crippen LogP contribution is -2.53. The van der Waals surface area contributed by atoms with Gasteiger partial charge in [-0.15, -0.1) is 0 Å². The number of anilines is 1. The standard InChI is InChI=1S/C23H28N4O/c1-26-15-23(14-19(22(26)28)17-5-3-2-4-6-17)9-11-27(12-10-23)21-13-20(18-7-8-18)24-16-25-21/h2-6,13,16,18-19H,7-12,14-15H2,1H3. The van der Waals surface area contributed by atoms with Gasteiger partial charge in [0.1, 0.15) is 12.1 Å². The second-order valence-corrected chi connectivity index (χ2v) is 8.92. The van der Waals surface area contributed by atoms with Gasteiger partial charge in [-0.05, 0) is 43.1 Å². The number of benzene rings is 1. The van der Waals surface area contributed by atoms with E-state index in [1.54, 1.807) is 6.33 Å². The molecule has 1 aromatic heterocycles. The first-order valence-electron chi connectivity index (χ1n) is 10.5. The molecule has 0 N–H and O–H groups in total. The summed E-state index contributed by atoms with van der Waals surface area (Å²) in [5, 5.41) is 0. The fourth-order valence-corrected chi connectivity index (χ4v) is 5.09. The molecule has 5 heteroatoms. The molecule has 1 aromatic carbocycles. The predicted octanol–water partition coefficient (Wildman–Crippen LogP) is 3.59. The zero-order valence-electron chi connectivity index (χ0n) is 16.6. The molecule has 146 valence electrons. The molecule has 0 radical (unpaired) electrons. The van der Waals surface area contributed by atoms with Crippen molar-refractivity contribution in [3.63, 3.8) is 0 Å². The lowest BCUT2D eigenvalue weighted by Gasteiger charge is -2.49. The highest BCUT2D eigenvalue weighted by molar-refractivity contribution is 5.84. The minimum Gasteiger partial charge on any atom is -0.356 e. The van der Waals surface area contributed by atoms with Crippen molar-refractivity contribution in [1.29, 1.82) is 0 Å². The third kappa shape index (κ3) is 3.27. The minimum atomic E-state index is -0.00739. The van der Waals surface area contributed by atoms with Gasteiger partial charge in [-0.25, -0.2) is 9.97 Å². The average Bonchev–Trinajstić information content (AvgIpc) is 3.58. The van der Waals surface area contributed by atoms with Crippen LogP contribution in [0.25, 0.3) is 0 Å². The van der Waals surface area contributed by atoms with Gasteiger partial charge in [-0.3, -0.25) is 4.79 Å². The number of aromatic nitrogens is 2. The van der Waals surface area contributed by atoms with Gasteiger partial charge in [0.05, 0.1) is 5.92 Å². The van der Waals surface area contributed by atoms with Crippen LogP contribution in [-0.2, 0) is 4.79 Å². The average molecular weight is 377 g/mol. The molecule has 2 saturated heterocycles. The Labute approximate surface area is 166 Å². The van der Waals surface area contributed by atoms with E-state index in [1.165, 1.54) is 18.5 Å². The fourth-order valence-electron chi connectivity index (χ4n) is 5.09. The van der Waals surface area contributed by atoms with Gasteiger partial charge < -0.3 is 9.80 Å². The number of amides is 1. The first kappa shape index (κ1) is 17.7. The Morgan fingerprint density at radius 3 is 2.54 bits per heavy atom. The molecule has 1 unspecified atom stereocenters. The Balaban J connectivity index is 1.32. The Morgan fingerprint density at radius 1 is 1.07 bits per heavy atom. The van der Waals surface area contributed by atoms with Crippen LogP contribution in [0.5, 0.6) is 0 Å². The second kappa shape index (κ2) is 6.87. The zero-order chi connectivity index (χ0) is 19.1. The van der Waals surface area contributed by atoms with Crippen molar-refractivity contribution >= 4 is 11.7 Å². The van der Waals surface area contributed by atoms with E-state index < -0.39 is 0 Å². The van der Waals surface area contributed by atoms with E-state index >= 15 is 0 Å². The van der Waals surface area contributed by atoms with Gasteiger partial charge >= 0.3 is 0 Å². The summed E-state index contributed by atoms with van der Waals surface area (Å²) < 4.78 is 0. The maximum Gasteiger partial charge on any atom is 0.229 e. The monoisotopic (exact) mass is 376 g/mol. The molecule has 2 aliphatic heterocycles. The molecule has 1 aliphatic carbocycles. The number of carbonyl (C=O) groups excluding carboxylic acids is 1. The lowest BCUT2D eigenvalue weighted by atomic mass is 9.68. The molecule has 5 rings (SSSR count). The normalized spacial score (nSPS) is 24.6. The molecule has 0 bridgehead atoms. The summed E-state index contributed by atoms with van der Waals surface area (Å²) in [6.45, 7) is 2.88. The summed E-state index contributed by atoms with van der Waals surface area (Å²) in [4.78, 5) is 26.2. The SMILES string of the molecule is CN1CC2(CCN(c3cc(C4CC4)ncn3)CC2)CC(c2ccccc2)C1=O. The van der Waals surface area contributed by atoms with Crippen LogP contribution in [0.15, 0.2) is 42.7 Å². The topological polar surface area (TPSA) is 49.3 Å². The summed E-state index contributed by atoms with van der Waals surface area (Å²) in [5.41, 5.74) is 2.58. The maximum atomic E-state index is 12.8. The van der Waals surface area contributed by atoms with Crippen LogP contribution in [-0.4, -0.2) is 47.5 Å². The van der Waals surface area contributed by atoms with Crippen LogP contribution >= 0.6 is 0 Å². The van der Waals surface area contributed by atoms with Crippen molar-refractivity contribution in [2.45, 2.75) is 43.9 Å². The summed E-state index contributed by atoms with van der Waals surface area (Å²) in [5.74, 6) is 1.99. The number of nitrogens with zero attached hydrogens (tertiary/aromatic N) is 4. The number of likely N-dealkylation sites (N-methyl/N-ethyl adjacent to an activating group) is 1. The Hall–Kier alpha value is -2.43. The molecular formula is C23H28N4O. The molecule has 1 amide bonds. The van der Waals surface area contributed by atoms with E-state index in [2.05, 4.69) is 33.1 Å². The molecule has 1 spiro atoms. The minimum absolute atomic E-state index is 0.00739. The fraction of sp³-hybridized carbons (Fsp3) is 0.522. The molecule has 3 aliphatic rings. The van der Waals surface area contributed by atoms with Crippen LogP contribution < -0.4 is 4.90 Å². The first-order chi connectivity index (χ1) is 13.6. The van der Waals surface area contributed by atoms with Crippen LogP contribution in [0.2, 0.25) is 0 Å². The third-order valence-corrected chi connectivity index (χ3v) is 6.90. The zero-order valence-corrected chi connectivity index (χ0v) is 16.6. The number of likely N-dealkylation sites (tertiary alicyclic amines) is 1. The molecule has 2 aromatic rings. The van der Waals surface area contributed by atoms with Crippen molar-refractivity contribution in [2.24, 2.45) is 5.41 Å². The largest absolute Gasteiger partial charge is 0.356 e. The van der Waals surface area contributed by atoms with Crippen LogP contribution in [0.4, 0.5) is 5.82 Å². The van der Waals surface area contributed by atoms with Crippen molar-refractivity contribution < 1.29 is 4.79 Å². The van der Waals surface area contributed by atoms with Gasteiger partial charge in [0, 0.05) is 44.4 Å². The van der Waals surface area contributed by atoms with Crippen molar-refractivity contribution in [3.8, 4) is 0 Å². The lowest BCUT2D eigenvalue weighted by molar-refractivity contribution is -0.138. The van der Waals surface area contributed by atoms with Gasteiger partial charge in [-0.2, -0.15) is 0 Å². The van der Waals surface area contributed by atoms with Crippen molar-refractivity contribution in [2.75, 3.05) is 31.6 Å². The van der Waals surface area contributed by atoms with Crippen LogP contribution in [0.1, 0.15) is 55.2 Å². The highest BCUT2D eigenvalue weighted by atomic mass is 16.2. The van der Waals surface area contributed by atoms with Gasteiger partial charge in [0.15, 0.2) is 0 Å². The number of carbonyl (C=O) groups is 1. The van der Waals surface area contributed by atoms with Crippen LogP contribution in [0, 0.1) is 5.41 Å². The first-order valence-corrected chi connectivity index (χ1v) is 10.5. The maximum absolute atomic E-state index is 12.8. The van der Waals surface area contributed by atoms with E-state index in [9.17, 15) is 4.79 Å². The van der Waals surface area contributed by atoms with E-state index in [0.29, 0.717) is 5.92 Å². The van der Waals surface area contributed by atoms with Gasteiger partial charge in [0.2, 0.25) is 5.91 Å². The Kier molecular flexibility index (Phi) is 4.33. The second-order valence-electron chi connectivity index (χ2n) is 8.92. The summed E-state index contributed by atoms with van der Waals surface area (Å²) in [7, 11) is 1.97. The van der Waals surface area contributed by atoms with Crippen molar-refractivity contribution in [1.82, 2.24) is 14.9 Å². The van der Waals surface area contributed by atoms with E-state index in [4.69, 9.17) is 0 Å². The number of hydrogen-bond donors (Lipinski definition) is 0. The van der Waals surface area contributed by atoms with E-state index in [0.717, 1.165) is 50.3 Å². The van der Waals surface area contributed by atoms with Crippen LogP contribution in [0.3, 0.4) is 0 Å². The Bertz CT molecular complexity index is 856. The highest BCUT2D eigenvalue weighted by Gasteiger charge is 2.45. The summed E-state index contributed by atoms with van der Waals surface area (Å²) >= 11 is 0. The highest BCUT2D eigenvalue weighted by Crippen LogP contribution is 2.46. The Morgan fingerprint density at radius 2 is 1.82 bits per heavy atom. The third-order valence-electron chi connectivity index (χ3n) is 6.90. The van der Waals surface area contributed by atoms with Gasteiger partial charge in [0.25, 0.3) is 0 Å². The molecule has 3 fully saturated rings. The van der Waals surface area contributed by atoms with Gasteiger partial charge in [-0.1, -0.05) is 30.3 Å². The molecule has 1 atom stereocenters. The molecular weight excluding hydrogens is 348 g/mol. The van der Waals surface area contributed by atoms with E-state index in [-0.39, 0.29) is 17.2 Å². The number of hydrogen-bond acceptors (Lipinski definition) is 4. The summed E-state index contributed by atoms with van der Waals surface area (Å²) in [6.07, 6.45) is 7.44. The predicted molar refractivity (Wildman–Crippen MR) is 109 cm³/mol. The summed E-state index contributed by atoms with van der Waals surface area (Å²) in [6, 6.07) is 12.5. The quantitative estimate of drug-likeness (QED) is 0.821. The van der Waals surface area contributed by atoms with E-state index in [1.807, 2.05) is 30.1 Å². The molecule has 3 heterocycles.